The molecule has 19 heavy (non-hydrogen) atoms. The Morgan fingerprint density at radius 1 is 1.37 bits per heavy atom. The van der Waals surface area contributed by atoms with Gasteiger partial charge in [0.15, 0.2) is 0 Å². The quantitative estimate of drug-likeness (QED) is 0.699. The molecule has 0 saturated carbocycles. The smallest absolute Gasteiger partial charge is 0.267 e. The van der Waals surface area contributed by atoms with Gasteiger partial charge in [-0.25, -0.2) is 5.43 Å². The maximum Gasteiger partial charge on any atom is 0.272 e. The number of hydrogen-bond donors (Lipinski definition) is 1. The van der Waals surface area contributed by atoms with Crippen LogP contribution < -0.4 is 5.43 Å². The normalized spacial score (nSPS) is 10.6. The van der Waals surface area contributed by atoms with Crippen LogP contribution in [0.4, 0.5) is 0 Å². The number of aryl methyl sites for hydroxylation is 1. The minimum absolute atomic E-state index is 0.279. The summed E-state index contributed by atoms with van der Waals surface area (Å²) in [5, 5.41) is 3.91. The first-order valence-corrected chi connectivity index (χ1v) is 6.46. The lowest BCUT2D eigenvalue weighted by Crippen LogP contribution is -2.17. The number of aromatic nitrogens is 1. The molecule has 0 aliphatic heterocycles. The number of pyridine rings is 1. The molecule has 0 aliphatic rings. The molecular weight excluding hydrogens is 306 g/mol. The van der Waals surface area contributed by atoms with Gasteiger partial charge >= 0.3 is 0 Å². The number of carbonyl (C=O) groups excluding carboxylic acids is 1. The predicted octanol–water partition coefficient (Wildman–Crippen LogP) is 2.92. The zero-order valence-electron chi connectivity index (χ0n) is 10.3. The molecule has 2 rings (SSSR count). The number of halogens is 1. The van der Waals surface area contributed by atoms with E-state index in [-0.39, 0.29) is 5.91 Å². The summed E-state index contributed by atoms with van der Waals surface area (Å²) >= 11 is 3.37. The fourth-order valence-corrected chi connectivity index (χ4v) is 1.84. The molecule has 4 nitrogen and oxygen atoms in total. The molecule has 0 fully saturated rings. The number of rotatable bonds is 3. The van der Waals surface area contributed by atoms with Gasteiger partial charge in [-0.3, -0.25) is 9.78 Å². The SMILES string of the molecule is Cc1ccc(C(=O)N/N=C\c2cccc(Br)c2)cn1. The average Bonchev–Trinajstić information content (AvgIpc) is 2.39. The monoisotopic (exact) mass is 317 g/mol. The Balaban J connectivity index is 1.98. The van der Waals surface area contributed by atoms with Crippen molar-refractivity contribution in [2.24, 2.45) is 5.10 Å². The summed E-state index contributed by atoms with van der Waals surface area (Å²) in [6.45, 7) is 1.87. The molecule has 1 N–H and O–H groups in total. The molecule has 0 radical (unpaired) electrons. The molecule has 0 saturated heterocycles. The molecule has 2 aromatic rings. The van der Waals surface area contributed by atoms with E-state index in [0.29, 0.717) is 5.56 Å². The van der Waals surface area contributed by atoms with Gasteiger partial charge < -0.3 is 0 Å². The van der Waals surface area contributed by atoms with Crippen molar-refractivity contribution in [3.05, 3.63) is 63.9 Å². The van der Waals surface area contributed by atoms with Crippen LogP contribution in [-0.4, -0.2) is 17.1 Å². The van der Waals surface area contributed by atoms with Crippen LogP contribution in [0.3, 0.4) is 0 Å². The third kappa shape index (κ3) is 3.99. The van der Waals surface area contributed by atoms with Crippen LogP contribution >= 0.6 is 15.9 Å². The molecule has 0 bridgehead atoms. The largest absolute Gasteiger partial charge is 0.272 e. The molecule has 1 heterocycles. The summed E-state index contributed by atoms with van der Waals surface area (Å²) in [5.41, 5.74) is 4.71. The highest BCUT2D eigenvalue weighted by Crippen LogP contribution is 2.09. The number of hydrogen-bond acceptors (Lipinski definition) is 3. The van der Waals surface area contributed by atoms with E-state index in [0.717, 1.165) is 15.7 Å². The van der Waals surface area contributed by atoms with Crippen LogP contribution in [0.25, 0.3) is 0 Å². The van der Waals surface area contributed by atoms with Crippen LogP contribution in [0.2, 0.25) is 0 Å². The second-order valence-electron chi connectivity index (χ2n) is 3.94. The van der Waals surface area contributed by atoms with E-state index in [1.54, 1.807) is 18.3 Å². The first-order chi connectivity index (χ1) is 9.15. The van der Waals surface area contributed by atoms with Crippen LogP contribution in [-0.2, 0) is 0 Å². The fraction of sp³-hybridized carbons (Fsp3) is 0.0714. The summed E-state index contributed by atoms with van der Waals surface area (Å²) in [6, 6.07) is 11.1. The van der Waals surface area contributed by atoms with Gasteiger partial charge in [0.25, 0.3) is 5.91 Å². The van der Waals surface area contributed by atoms with E-state index >= 15 is 0 Å². The molecular formula is C14H12BrN3O. The highest BCUT2D eigenvalue weighted by atomic mass is 79.9. The van der Waals surface area contributed by atoms with Gasteiger partial charge in [-0.1, -0.05) is 28.1 Å². The molecule has 0 atom stereocenters. The highest BCUT2D eigenvalue weighted by molar-refractivity contribution is 9.10. The number of nitrogens with one attached hydrogen (secondary N) is 1. The first kappa shape index (κ1) is 13.4. The van der Waals surface area contributed by atoms with Crippen LogP contribution in [0.15, 0.2) is 52.2 Å². The highest BCUT2D eigenvalue weighted by Gasteiger charge is 2.03. The van der Waals surface area contributed by atoms with Crippen molar-refractivity contribution >= 4 is 28.1 Å². The second-order valence-corrected chi connectivity index (χ2v) is 4.86. The Morgan fingerprint density at radius 3 is 2.89 bits per heavy atom. The lowest BCUT2D eigenvalue weighted by molar-refractivity contribution is 0.0955. The summed E-state index contributed by atoms with van der Waals surface area (Å²) in [5.74, 6) is -0.279. The second kappa shape index (κ2) is 6.24. The predicted molar refractivity (Wildman–Crippen MR) is 78.2 cm³/mol. The summed E-state index contributed by atoms with van der Waals surface area (Å²) in [6.07, 6.45) is 3.11. The van der Waals surface area contributed by atoms with Crippen LogP contribution in [0.1, 0.15) is 21.6 Å². The van der Waals surface area contributed by atoms with Gasteiger partial charge in [0, 0.05) is 16.4 Å². The minimum atomic E-state index is -0.279. The zero-order chi connectivity index (χ0) is 13.7. The van der Waals surface area contributed by atoms with Gasteiger partial charge in [0.05, 0.1) is 11.8 Å². The molecule has 5 heteroatoms. The average molecular weight is 318 g/mol. The van der Waals surface area contributed by atoms with Gasteiger partial charge in [-0.05, 0) is 36.8 Å². The fourth-order valence-electron chi connectivity index (χ4n) is 1.42. The Labute approximate surface area is 119 Å². The van der Waals surface area contributed by atoms with Gasteiger partial charge in [0.2, 0.25) is 0 Å². The van der Waals surface area contributed by atoms with Crippen LogP contribution in [0.5, 0.6) is 0 Å². The number of benzene rings is 1. The van der Waals surface area contributed by atoms with Gasteiger partial charge in [0.1, 0.15) is 0 Å². The molecule has 0 aliphatic carbocycles. The maximum atomic E-state index is 11.7. The lowest BCUT2D eigenvalue weighted by atomic mass is 10.2. The van der Waals surface area contributed by atoms with E-state index in [9.17, 15) is 4.79 Å². The molecule has 0 spiro atoms. The van der Waals surface area contributed by atoms with E-state index in [4.69, 9.17) is 0 Å². The molecule has 96 valence electrons. The van der Waals surface area contributed by atoms with Crippen molar-refractivity contribution in [3.63, 3.8) is 0 Å². The Bertz CT molecular complexity index is 608. The molecule has 0 unspecified atom stereocenters. The molecule has 1 aromatic heterocycles. The summed E-state index contributed by atoms with van der Waals surface area (Å²) in [4.78, 5) is 15.8. The number of carbonyl (C=O) groups is 1. The van der Waals surface area contributed by atoms with E-state index in [1.807, 2.05) is 31.2 Å². The first-order valence-electron chi connectivity index (χ1n) is 5.67. The Kier molecular flexibility index (Phi) is 4.41. The summed E-state index contributed by atoms with van der Waals surface area (Å²) < 4.78 is 0.963. The van der Waals surface area contributed by atoms with E-state index < -0.39 is 0 Å². The number of amides is 1. The van der Waals surface area contributed by atoms with Crippen molar-refractivity contribution in [1.29, 1.82) is 0 Å². The van der Waals surface area contributed by atoms with E-state index in [2.05, 4.69) is 31.4 Å². The molecule has 1 amide bonds. The van der Waals surface area contributed by atoms with Crippen molar-refractivity contribution in [2.45, 2.75) is 6.92 Å². The number of hydrazone groups is 1. The van der Waals surface area contributed by atoms with Crippen LogP contribution in [0, 0.1) is 6.92 Å². The van der Waals surface area contributed by atoms with Gasteiger partial charge in [-0.15, -0.1) is 0 Å². The zero-order valence-corrected chi connectivity index (χ0v) is 11.9. The third-order valence-corrected chi connectivity index (χ3v) is 2.90. The Morgan fingerprint density at radius 2 is 2.21 bits per heavy atom. The Hall–Kier alpha value is -2.01. The maximum absolute atomic E-state index is 11.7. The standard InChI is InChI=1S/C14H12BrN3O/c1-10-5-6-12(9-16-10)14(19)18-17-8-11-3-2-4-13(15)7-11/h2-9H,1H3,(H,18,19)/b17-8-. The minimum Gasteiger partial charge on any atom is -0.267 e. The van der Waals surface area contributed by atoms with Crippen molar-refractivity contribution in [1.82, 2.24) is 10.4 Å². The topological polar surface area (TPSA) is 54.4 Å². The van der Waals surface area contributed by atoms with Gasteiger partial charge in [-0.2, -0.15) is 5.10 Å². The van der Waals surface area contributed by atoms with Crippen molar-refractivity contribution in [3.8, 4) is 0 Å². The lowest BCUT2D eigenvalue weighted by Gasteiger charge is -1.99. The summed E-state index contributed by atoms with van der Waals surface area (Å²) in [7, 11) is 0. The number of nitrogens with zero attached hydrogens (tertiary/aromatic N) is 2. The third-order valence-electron chi connectivity index (χ3n) is 2.40. The van der Waals surface area contributed by atoms with Crippen molar-refractivity contribution < 1.29 is 4.79 Å². The van der Waals surface area contributed by atoms with Crippen molar-refractivity contribution in [2.75, 3.05) is 0 Å². The molecule has 1 aromatic carbocycles. The van der Waals surface area contributed by atoms with E-state index in [1.165, 1.54) is 6.20 Å².